The molecule has 0 fully saturated rings. The Kier molecular flexibility index (Phi) is 4.03. The molecule has 0 saturated heterocycles. The molecule has 0 radical (unpaired) electrons. The molecular formula is C12H15NO. The Labute approximate surface area is 85.1 Å². The molecule has 0 aliphatic rings. The highest BCUT2D eigenvalue weighted by atomic mass is 16.5. The van der Waals surface area contributed by atoms with Gasteiger partial charge in [-0.05, 0) is 26.0 Å². The van der Waals surface area contributed by atoms with Crippen LogP contribution in [-0.2, 0) is 0 Å². The molecule has 1 rings (SSSR count). The quantitative estimate of drug-likeness (QED) is 0.720. The van der Waals surface area contributed by atoms with Crippen LogP contribution in [0, 0.1) is 11.8 Å². The van der Waals surface area contributed by atoms with Crippen molar-refractivity contribution in [2.24, 2.45) is 5.73 Å². The van der Waals surface area contributed by atoms with Gasteiger partial charge in [-0.2, -0.15) is 0 Å². The molecule has 0 heterocycles. The summed E-state index contributed by atoms with van der Waals surface area (Å²) in [5, 5.41) is 0. The lowest BCUT2D eigenvalue weighted by molar-refractivity contribution is 0.339. The highest BCUT2D eigenvalue weighted by molar-refractivity contribution is 5.46. The van der Waals surface area contributed by atoms with Crippen LogP contribution in [0.1, 0.15) is 19.4 Å². The molecule has 2 nitrogen and oxygen atoms in total. The zero-order chi connectivity index (χ0) is 10.4. The average Bonchev–Trinajstić information content (AvgIpc) is 2.17. The number of nitrogens with two attached hydrogens (primary N) is 1. The lowest BCUT2D eigenvalue weighted by Crippen LogP contribution is -2.10. The lowest BCUT2D eigenvalue weighted by atomic mass is 10.2. The second kappa shape index (κ2) is 5.31. The molecule has 1 unspecified atom stereocenters. The Hall–Kier alpha value is -1.46. The maximum atomic E-state index is 5.55. The number of ether oxygens (including phenoxy) is 1. The Morgan fingerprint density at radius 2 is 2.14 bits per heavy atom. The summed E-state index contributed by atoms with van der Waals surface area (Å²) >= 11 is 0. The van der Waals surface area contributed by atoms with Gasteiger partial charge in [0.15, 0.2) is 0 Å². The molecule has 14 heavy (non-hydrogen) atoms. The number of hydrogen-bond acceptors (Lipinski definition) is 2. The van der Waals surface area contributed by atoms with Gasteiger partial charge < -0.3 is 10.5 Å². The van der Waals surface area contributed by atoms with Crippen LogP contribution in [0.5, 0.6) is 5.75 Å². The fourth-order valence-electron chi connectivity index (χ4n) is 1.04. The van der Waals surface area contributed by atoms with E-state index in [2.05, 4.69) is 11.8 Å². The third-order valence-electron chi connectivity index (χ3n) is 1.62. The van der Waals surface area contributed by atoms with Crippen molar-refractivity contribution in [2.45, 2.75) is 19.9 Å². The molecule has 0 spiro atoms. The van der Waals surface area contributed by atoms with E-state index in [1.165, 1.54) is 0 Å². The van der Waals surface area contributed by atoms with Crippen LogP contribution < -0.4 is 10.5 Å². The number of para-hydroxylation sites is 1. The van der Waals surface area contributed by atoms with E-state index in [1.807, 2.05) is 38.1 Å². The maximum Gasteiger partial charge on any atom is 0.134 e. The van der Waals surface area contributed by atoms with E-state index in [0.717, 1.165) is 11.3 Å². The van der Waals surface area contributed by atoms with E-state index >= 15 is 0 Å². The Morgan fingerprint density at radius 3 is 2.79 bits per heavy atom. The molecule has 0 amide bonds. The SMILES string of the molecule is CCOc1ccccc1C#CC(C)N. The van der Waals surface area contributed by atoms with Gasteiger partial charge in [0.1, 0.15) is 5.75 Å². The van der Waals surface area contributed by atoms with Gasteiger partial charge in [0.25, 0.3) is 0 Å². The van der Waals surface area contributed by atoms with Crippen LogP contribution in [0.4, 0.5) is 0 Å². The van der Waals surface area contributed by atoms with Gasteiger partial charge >= 0.3 is 0 Å². The van der Waals surface area contributed by atoms with Gasteiger partial charge in [-0.15, -0.1) is 0 Å². The third-order valence-corrected chi connectivity index (χ3v) is 1.62. The summed E-state index contributed by atoms with van der Waals surface area (Å²) in [5.74, 6) is 6.73. The van der Waals surface area contributed by atoms with Crippen LogP contribution in [0.15, 0.2) is 24.3 Å². The largest absolute Gasteiger partial charge is 0.493 e. The van der Waals surface area contributed by atoms with E-state index in [9.17, 15) is 0 Å². The fourth-order valence-corrected chi connectivity index (χ4v) is 1.04. The van der Waals surface area contributed by atoms with Crippen molar-refractivity contribution in [3.05, 3.63) is 29.8 Å². The molecule has 74 valence electrons. The first-order valence-electron chi connectivity index (χ1n) is 4.73. The fraction of sp³-hybridized carbons (Fsp3) is 0.333. The van der Waals surface area contributed by atoms with Crippen molar-refractivity contribution in [1.82, 2.24) is 0 Å². The molecule has 0 aromatic heterocycles. The Balaban J connectivity index is 2.91. The monoisotopic (exact) mass is 189 g/mol. The van der Waals surface area contributed by atoms with Crippen molar-refractivity contribution < 1.29 is 4.74 Å². The molecule has 0 bridgehead atoms. The van der Waals surface area contributed by atoms with Crippen molar-refractivity contribution >= 4 is 0 Å². The molecule has 0 aliphatic carbocycles. The molecule has 1 aromatic carbocycles. The Bertz CT molecular complexity index is 347. The van der Waals surface area contributed by atoms with Gasteiger partial charge in [-0.3, -0.25) is 0 Å². The second-order valence-electron chi connectivity index (χ2n) is 2.99. The molecule has 1 atom stereocenters. The standard InChI is InChI=1S/C12H15NO/c1-3-14-12-7-5-4-6-11(12)9-8-10(2)13/h4-7,10H,3,13H2,1-2H3. The van der Waals surface area contributed by atoms with Crippen molar-refractivity contribution in [1.29, 1.82) is 0 Å². The van der Waals surface area contributed by atoms with Crippen LogP contribution in [0.3, 0.4) is 0 Å². The van der Waals surface area contributed by atoms with Crippen LogP contribution in [-0.4, -0.2) is 12.6 Å². The number of hydrogen-bond donors (Lipinski definition) is 1. The molecule has 2 heteroatoms. The topological polar surface area (TPSA) is 35.2 Å². The van der Waals surface area contributed by atoms with Crippen LogP contribution in [0.2, 0.25) is 0 Å². The smallest absolute Gasteiger partial charge is 0.134 e. The molecular weight excluding hydrogens is 174 g/mol. The summed E-state index contributed by atoms with van der Waals surface area (Å²) in [7, 11) is 0. The average molecular weight is 189 g/mol. The molecule has 0 saturated carbocycles. The highest BCUT2D eigenvalue weighted by Gasteiger charge is 1.97. The first-order valence-corrected chi connectivity index (χ1v) is 4.73. The Morgan fingerprint density at radius 1 is 1.43 bits per heavy atom. The minimum absolute atomic E-state index is 0.107. The molecule has 2 N–H and O–H groups in total. The minimum Gasteiger partial charge on any atom is -0.493 e. The van der Waals surface area contributed by atoms with Crippen LogP contribution in [0.25, 0.3) is 0 Å². The maximum absolute atomic E-state index is 5.55. The van der Waals surface area contributed by atoms with Crippen molar-refractivity contribution in [2.75, 3.05) is 6.61 Å². The van der Waals surface area contributed by atoms with Crippen molar-refractivity contribution in [3.8, 4) is 17.6 Å². The van der Waals surface area contributed by atoms with Gasteiger partial charge in [-0.25, -0.2) is 0 Å². The zero-order valence-electron chi connectivity index (χ0n) is 8.58. The van der Waals surface area contributed by atoms with Gasteiger partial charge in [0, 0.05) is 0 Å². The summed E-state index contributed by atoms with van der Waals surface area (Å²) < 4.78 is 5.43. The van der Waals surface area contributed by atoms with Crippen molar-refractivity contribution in [3.63, 3.8) is 0 Å². The first-order chi connectivity index (χ1) is 6.74. The lowest BCUT2D eigenvalue weighted by Gasteiger charge is -2.04. The zero-order valence-corrected chi connectivity index (χ0v) is 8.58. The van der Waals surface area contributed by atoms with Gasteiger partial charge in [0.2, 0.25) is 0 Å². The predicted octanol–water partition coefficient (Wildman–Crippen LogP) is 1.78. The third kappa shape index (κ3) is 3.12. The summed E-state index contributed by atoms with van der Waals surface area (Å²) in [6.45, 7) is 4.46. The van der Waals surface area contributed by atoms with E-state index < -0.39 is 0 Å². The number of rotatable bonds is 2. The normalized spacial score (nSPS) is 11.4. The first kappa shape index (κ1) is 10.6. The second-order valence-corrected chi connectivity index (χ2v) is 2.99. The van der Waals surface area contributed by atoms with Crippen LogP contribution >= 0.6 is 0 Å². The molecule has 0 aliphatic heterocycles. The summed E-state index contributed by atoms with van der Waals surface area (Å²) in [6.07, 6.45) is 0. The van der Waals surface area contributed by atoms with E-state index in [0.29, 0.717) is 6.61 Å². The minimum atomic E-state index is -0.107. The predicted molar refractivity (Wildman–Crippen MR) is 58.1 cm³/mol. The van der Waals surface area contributed by atoms with E-state index in [-0.39, 0.29) is 6.04 Å². The number of benzene rings is 1. The summed E-state index contributed by atoms with van der Waals surface area (Å²) in [6, 6.07) is 7.61. The van der Waals surface area contributed by atoms with E-state index in [4.69, 9.17) is 10.5 Å². The molecule has 1 aromatic rings. The van der Waals surface area contributed by atoms with E-state index in [1.54, 1.807) is 0 Å². The summed E-state index contributed by atoms with van der Waals surface area (Å²) in [5.41, 5.74) is 6.44. The van der Waals surface area contributed by atoms with Gasteiger partial charge in [-0.1, -0.05) is 24.0 Å². The summed E-state index contributed by atoms with van der Waals surface area (Å²) in [4.78, 5) is 0. The highest BCUT2D eigenvalue weighted by Crippen LogP contribution is 2.16. The van der Waals surface area contributed by atoms with Gasteiger partial charge in [0.05, 0.1) is 18.2 Å².